The van der Waals surface area contributed by atoms with E-state index in [0.717, 1.165) is 11.3 Å². The third kappa shape index (κ3) is 7.97. The molecule has 3 aromatic rings. The van der Waals surface area contributed by atoms with E-state index in [4.69, 9.17) is 9.15 Å². The number of aliphatic imine (C=N–C) groups is 1. The third-order valence-corrected chi connectivity index (χ3v) is 4.30. The molecule has 0 atom stereocenters. The fraction of sp³-hybridized carbons (Fsp3) is 0.217. The number of guanidine groups is 1. The predicted octanol–water partition coefficient (Wildman–Crippen LogP) is 4.20. The van der Waals surface area contributed by atoms with E-state index < -0.39 is 0 Å². The number of rotatable bonds is 8. The van der Waals surface area contributed by atoms with Crippen LogP contribution in [0.4, 0.5) is 5.69 Å². The van der Waals surface area contributed by atoms with Crippen molar-refractivity contribution in [1.29, 1.82) is 0 Å². The van der Waals surface area contributed by atoms with Gasteiger partial charge in [-0.25, -0.2) is 0 Å². The summed E-state index contributed by atoms with van der Waals surface area (Å²) in [6, 6.07) is 18.9. The van der Waals surface area contributed by atoms with Gasteiger partial charge in [-0.15, -0.1) is 24.0 Å². The number of benzene rings is 2. The minimum Gasteiger partial charge on any atom is -0.492 e. The first-order valence-corrected chi connectivity index (χ1v) is 9.72. The van der Waals surface area contributed by atoms with E-state index in [2.05, 4.69) is 20.9 Å². The Kier molecular flexibility index (Phi) is 9.89. The Bertz CT molecular complexity index is 973. The molecule has 0 fully saturated rings. The Morgan fingerprint density at radius 1 is 1.06 bits per heavy atom. The van der Waals surface area contributed by atoms with Crippen molar-refractivity contribution >= 4 is 41.5 Å². The molecule has 1 amide bonds. The lowest BCUT2D eigenvalue weighted by Gasteiger charge is -2.13. The van der Waals surface area contributed by atoms with Gasteiger partial charge in [0, 0.05) is 19.3 Å². The summed E-state index contributed by atoms with van der Waals surface area (Å²) in [5.74, 6) is 1.51. The van der Waals surface area contributed by atoms with E-state index in [0.29, 0.717) is 31.3 Å². The quantitative estimate of drug-likeness (QED) is 0.175. The molecule has 7 nitrogen and oxygen atoms in total. The highest BCUT2D eigenvalue weighted by Gasteiger charge is 2.09. The van der Waals surface area contributed by atoms with Gasteiger partial charge in [-0.3, -0.25) is 9.79 Å². The van der Waals surface area contributed by atoms with Crippen molar-refractivity contribution in [2.24, 2.45) is 4.99 Å². The van der Waals surface area contributed by atoms with Gasteiger partial charge in [0.05, 0.1) is 12.8 Å². The first-order valence-electron chi connectivity index (χ1n) is 9.72. The lowest BCUT2D eigenvalue weighted by Crippen LogP contribution is -2.38. The Morgan fingerprint density at radius 2 is 1.87 bits per heavy atom. The molecule has 0 aliphatic heterocycles. The van der Waals surface area contributed by atoms with Crippen LogP contribution in [0.1, 0.15) is 21.7 Å². The zero-order valence-corrected chi connectivity index (χ0v) is 19.9. The SMILES string of the molecule is CN=C(NCCOc1ccc(C)cc1)NCc1cccc(NC(=O)c2ccco2)c1.I. The Balaban J connectivity index is 0.00000341. The number of carbonyl (C=O) groups is 1. The van der Waals surface area contributed by atoms with Crippen LogP contribution in [-0.4, -0.2) is 32.1 Å². The fourth-order valence-corrected chi connectivity index (χ4v) is 2.74. The number of anilines is 1. The molecule has 2 aromatic carbocycles. The van der Waals surface area contributed by atoms with Gasteiger partial charge in [-0.1, -0.05) is 29.8 Å². The Morgan fingerprint density at radius 3 is 2.58 bits per heavy atom. The highest BCUT2D eigenvalue weighted by atomic mass is 127. The van der Waals surface area contributed by atoms with Crippen LogP contribution in [0.25, 0.3) is 0 Å². The summed E-state index contributed by atoms with van der Waals surface area (Å²) >= 11 is 0. The first kappa shape index (κ1) is 24.3. The predicted molar refractivity (Wildman–Crippen MR) is 133 cm³/mol. The lowest BCUT2D eigenvalue weighted by molar-refractivity contribution is 0.0996. The van der Waals surface area contributed by atoms with Gasteiger partial charge in [0.1, 0.15) is 12.4 Å². The maximum Gasteiger partial charge on any atom is 0.291 e. The highest BCUT2D eigenvalue weighted by Crippen LogP contribution is 2.13. The van der Waals surface area contributed by atoms with Crippen molar-refractivity contribution in [2.75, 3.05) is 25.5 Å². The van der Waals surface area contributed by atoms with E-state index in [9.17, 15) is 4.79 Å². The molecule has 0 saturated carbocycles. The number of halogens is 1. The average Bonchev–Trinajstić information content (AvgIpc) is 3.30. The molecule has 0 saturated heterocycles. The van der Waals surface area contributed by atoms with Crippen LogP contribution >= 0.6 is 24.0 Å². The maximum absolute atomic E-state index is 12.1. The number of hydrogen-bond donors (Lipinski definition) is 3. The number of nitrogens with zero attached hydrogens (tertiary/aromatic N) is 1. The summed E-state index contributed by atoms with van der Waals surface area (Å²) in [5.41, 5.74) is 2.91. The van der Waals surface area contributed by atoms with Crippen molar-refractivity contribution in [3.63, 3.8) is 0 Å². The molecular weight excluding hydrogens is 507 g/mol. The second-order valence-corrected chi connectivity index (χ2v) is 6.65. The molecule has 164 valence electrons. The zero-order valence-electron chi connectivity index (χ0n) is 17.6. The van der Waals surface area contributed by atoms with Crippen LogP contribution in [0.15, 0.2) is 76.3 Å². The molecule has 0 spiro atoms. The second kappa shape index (κ2) is 12.6. The van der Waals surface area contributed by atoms with E-state index in [1.165, 1.54) is 11.8 Å². The molecule has 1 aromatic heterocycles. The van der Waals surface area contributed by atoms with Gasteiger partial charge in [0.15, 0.2) is 11.7 Å². The summed E-state index contributed by atoms with van der Waals surface area (Å²) in [7, 11) is 1.72. The van der Waals surface area contributed by atoms with Gasteiger partial charge in [0.2, 0.25) is 0 Å². The van der Waals surface area contributed by atoms with Crippen LogP contribution in [0.5, 0.6) is 5.75 Å². The summed E-state index contributed by atoms with van der Waals surface area (Å²) in [6.07, 6.45) is 1.47. The monoisotopic (exact) mass is 534 g/mol. The standard InChI is InChI=1S/C23H26N4O3.HI/c1-17-8-10-20(11-9-17)29-14-12-25-23(24-2)26-16-18-5-3-6-19(15-18)27-22(28)21-7-4-13-30-21;/h3-11,13,15H,12,14,16H2,1-2H3,(H,27,28)(H2,24,25,26);1H. The topological polar surface area (TPSA) is 87.9 Å². The van der Waals surface area contributed by atoms with Crippen LogP contribution in [0.2, 0.25) is 0 Å². The molecule has 0 bridgehead atoms. The minimum absolute atomic E-state index is 0. The van der Waals surface area contributed by atoms with Crippen molar-refractivity contribution in [3.05, 3.63) is 83.8 Å². The van der Waals surface area contributed by atoms with Crippen LogP contribution in [-0.2, 0) is 6.54 Å². The summed E-state index contributed by atoms with van der Waals surface area (Å²) < 4.78 is 10.8. The molecule has 8 heteroatoms. The van der Waals surface area contributed by atoms with Gasteiger partial charge < -0.3 is 25.1 Å². The number of ether oxygens (including phenoxy) is 1. The fourth-order valence-electron chi connectivity index (χ4n) is 2.74. The highest BCUT2D eigenvalue weighted by molar-refractivity contribution is 14.0. The molecule has 0 unspecified atom stereocenters. The van der Waals surface area contributed by atoms with Gasteiger partial charge in [0.25, 0.3) is 5.91 Å². The van der Waals surface area contributed by atoms with Gasteiger partial charge >= 0.3 is 0 Å². The summed E-state index contributed by atoms with van der Waals surface area (Å²) in [5, 5.41) is 9.29. The van der Waals surface area contributed by atoms with Gasteiger partial charge in [-0.2, -0.15) is 0 Å². The summed E-state index contributed by atoms with van der Waals surface area (Å²) in [6.45, 7) is 3.75. The smallest absolute Gasteiger partial charge is 0.291 e. The van der Waals surface area contributed by atoms with Crippen LogP contribution in [0.3, 0.4) is 0 Å². The summed E-state index contributed by atoms with van der Waals surface area (Å²) in [4.78, 5) is 16.3. The number of amides is 1. The molecule has 0 radical (unpaired) electrons. The van der Waals surface area contributed by atoms with Crippen molar-refractivity contribution in [2.45, 2.75) is 13.5 Å². The van der Waals surface area contributed by atoms with Crippen LogP contribution in [0, 0.1) is 6.92 Å². The molecular formula is C23H27IN4O3. The van der Waals surface area contributed by atoms with Crippen molar-refractivity contribution in [1.82, 2.24) is 10.6 Å². The van der Waals surface area contributed by atoms with E-state index in [-0.39, 0.29) is 35.6 Å². The molecule has 0 aliphatic rings. The van der Waals surface area contributed by atoms with Gasteiger partial charge in [-0.05, 0) is 48.9 Å². The van der Waals surface area contributed by atoms with E-state index in [1.54, 1.807) is 19.2 Å². The number of carbonyl (C=O) groups excluding carboxylic acids is 1. The largest absolute Gasteiger partial charge is 0.492 e. The van der Waals surface area contributed by atoms with Crippen LogP contribution < -0.4 is 20.7 Å². The molecule has 3 N–H and O–H groups in total. The minimum atomic E-state index is -0.281. The normalized spacial score (nSPS) is 10.7. The number of nitrogens with one attached hydrogen (secondary N) is 3. The molecule has 31 heavy (non-hydrogen) atoms. The Hall–Kier alpha value is -3.01. The number of furan rings is 1. The number of aryl methyl sites for hydroxylation is 1. The van der Waals surface area contributed by atoms with Crippen molar-refractivity contribution < 1.29 is 13.9 Å². The average molecular weight is 534 g/mol. The number of hydrogen-bond acceptors (Lipinski definition) is 4. The first-order chi connectivity index (χ1) is 14.6. The lowest BCUT2D eigenvalue weighted by atomic mass is 10.2. The molecule has 0 aliphatic carbocycles. The van der Waals surface area contributed by atoms with E-state index >= 15 is 0 Å². The second-order valence-electron chi connectivity index (χ2n) is 6.65. The van der Waals surface area contributed by atoms with Crippen molar-refractivity contribution in [3.8, 4) is 5.75 Å². The Labute approximate surface area is 199 Å². The third-order valence-electron chi connectivity index (χ3n) is 4.30. The van der Waals surface area contributed by atoms with E-state index in [1.807, 2.05) is 55.5 Å². The molecule has 3 rings (SSSR count). The maximum atomic E-state index is 12.1. The zero-order chi connectivity index (χ0) is 21.2. The molecule has 1 heterocycles.